The summed E-state index contributed by atoms with van der Waals surface area (Å²) in [6.07, 6.45) is 5.02. The van der Waals surface area contributed by atoms with Gasteiger partial charge >= 0.3 is 5.97 Å². The van der Waals surface area contributed by atoms with Crippen molar-refractivity contribution in [2.45, 2.75) is 44.4 Å². The van der Waals surface area contributed by atoms with E-state index in [1.165, 1.54) is 6.42 Å². The summed E-state index contributed by atoms with van der Waals surface area (Å²) in [4.78, 5) is 24.6. The third-order valence-corrected chi connectivity index (χ3v) is 5.24. The zero-order chi connectivity index (χ0) is 19.8. The number of benzene rings is 2. The monoisotopic (exact) mass is 381 g/mol. The van der Waals surface area contributed by atoms with Gasteiger partial charge in [0.2, 0.25) is 5.91 Å². The highest BCUT2D eigenvalue weighted by Crippen LogP contribution is 2.40. The molecule has 148 valence electrons. The molecule has 0 bridgehead atoms. The van der Waals surface area contributed by atoms with E-state index in [0.717, 1.165) is 36.9 Å². The Hall–Kier alpha value is -2.82. The summed E-state index contributed by atoms with van der Waals surface area (Å²) in [5.41, 5.74) is 1.33. The standard InChI is InChI=1S/C23H27NO4/c1-2-27-21(25)17-28-20-13-11-19(12-14-20)24-22(26)23(15-7-4-8-16-23)18-9-5-3-6-10-18/h3,5-6,9-14H,2,4,7-8,15-17H2,1H3,(H,24,26). The van der Waals surface area contributed by atoms with Gasteiger partial charge in [-0.15, -0.1) is 0 Å². The van der Waals surface area contributed by atoms with E-state index in [0.29, 0.717) is 12.4 Å². The first kappa shape index (κ1) is 19.9. The van der Waals surface area contributed by atoms with Crippen LogP contribution in [0.5, 0.6) is 5.75 Å². The van der Waals surface area contributed by atoms with Gasteiger partial charge in [-0.05, 0) is 49.6 Å². The first-order valence-corrected chi connectivity index (χ1v) is 9.89. The van der Waals surface area contributed by atoms with Crippen molar-refractivity contribution in [1.82, 2.24) is 0 Å². The molecule has 1 aliphatic rings. The van der Waals surface area contributed by atoms with Gasteiger partial charge in [-0.1, -0.05) is 49.6 Å². The summed E-state index contributed by atoms with van der Waals surface area (Å²) in [7, 11) is 0. The number of carbonyl (C=O) groups is 2. The van der Waals surface area contributed by atoms with Crippen molar-refractivity contribution < 1.29 is 19.1 Å². The number of ether oxygens (including phenoxy) is 2. The number of carbonyl (C=O) groups excluding carboxylic acids is 2. The quantitative estimate of drug-likeness (QED) is 0.719. The van der Waals surface area contributed by atoms with Crippen molar-refractivity contribution >= 4 is 17.6 Å². The minimum atomic E-state index is -0.474. The number of rotatable bonds is 7. The van der Waals surface area contributed by atoms with Gasteiger partial charge in [-0.2, -0.15) is 0 Å². The Kier molecular flexibility index (Phi) is 6.69. The summed E-state index contributed by atoms with van der Waals surface area (Å²) >= 11 is 0. The Morgan fingerprint density at radius 3 is 2.29 bits per heavy atom. The fourth-order valence-corrected chi connectivity index (χ4v) is 3.79. The number of hydrogen-bond donors (Lipinski definition) is 1. The fraction of sp³-hybridized carbons (Fsp3) is 0.391. The average molecular weight is 381 g/mol. The van der Waals surface area contributed by atoms with Crippen LogP contribution in [0.25, 0.3) is 0 Å². The number of amides is 1. The minimum absolute atomic E-state index is 0.0404. The van der Waals surface area contributed by atoms with Gasteiger partial charge < -0.3 is 14.8 Å². The molecule has 1 amide bonds. The predicted molar refractivity (Wildman–Crippen MR) is 108 cm³/mol. The molecule has 28 heavy (non-hydrogen) atoms. The SMILES string of the molecule is CCOC(=O)COc1ccc(NC(=O)C2(c3ccccc3)CCCCC2)cc1. The molecule has 0 heterocycles. The molecule has 5 heteroatoms. The Balaban J connectivity index is 1.68. The molecular formula is C23H27NO4. The second-order valence-electron chi connectivity index (χ2n) is 7.08. The van der Waals surface area contributed by atoms with Crippen molar-refractivity contribution in [2.24, 2.45) is 0 Å². The molecule has 1 aliphatic carbocycles. The van der Waals surface area contributed by atoms with Gasteiger partial charge in [0.15, 0.2) is 6.61 Å². The molecule has 1 saturated carbocycles. The minimum Gasteiger partial charge on any atom is -0.482 e. The van der Waals surface area contributed by atoms with Crippen LogP contribution in [-0.4, -0.2) is 25.1 Å². The largest absolute Gasteiger partial charge is 0.482 e. The zero-order valence-electron chi connectivity index (χ0n) is 16.3. The maximum Gasteiger partial charge on any atom is 0.344 e. The Bertz CT molecular complexity index is 780. The smallest absolute Gasteiger partial charge is 0.344 e. The third-order valence-electron chi connectivity index (χ3n) is 5.24. The molecule has 0 radical (unpaired) electrons. The molecule has 3 rings (SSSR count). The van der Waals surface area contributed by atoms with Gasteiger partial charge in [-0.3, -0.25) is 4.79 Å². The summed E-state index contributed by atoms with van der Waals surface area (Å²) < 4.78 is 10.2. The van der Waals surface area contributed by atoms with Crippen molar-refractivity contribution in [1.29, 1.82) is 0 Å². The van der Waals surface area contributed by atoms with Crippen molar-refractivity contribution in [3.63, 3.8) is 0 Å². The lowest BCUT2D eigenvalue weighted by atomic mass is 9.68. The average Bonchev–Trinajstić information content (AvgIpc) is 2.74. The molecule has 5 nitrogen and oxygen atoms in total. The molecule has 0 aromatic heterocycles. The first-order valence-electron chi connectivity index (χ1n) is 9.89. The molecular weight excluding hydrogens is 354 g/mol. The maximum atomic E-state index is 13.3. The van der Waals surface area contributed by atoms with Crippen molar-refractivity contribution in [2.75, 3.05) is 18.5 Å². The second-order valence-corrected chi connectivity index (χ2v) is 7.08. The molecule has 2 aromatic carbocycles. The van der Waals surface area contributed by atoms with Crippen LogP contribution < -0.4 is 10.1 Å². The van der Waals surface area contributed by atoms with Gasteiger partial charge in [0.1, 0.15) is 5.75 Å². The number of anilines is 1. The number of hydrogen-bond acceptors (Lipinski definition) is 4. The summed E-state index contributed by atoms with van der Waals surface area (Å²) in [5.74, 6) is 0.196. The van der Waals surface area contributed by atoms with Crippen LogP contribution in [0.1, 0.15) is 44.6 Å². The van der Waals surface area contributed by atoms with Crippen LogP contribution in [-0.2, 0) is 19.7 Å². The van der Waals surface area contributed by atoms with Crippen LogP contribution >= 0.6 is 0 Å². The fourth-order valence-electron chi connectivity index (χ4n) is 3.79. The highest BCUT2D eigenvalue weighted by atomic mass is 16.6. The van der Waals surface area contributed by atoms with Crippen molar-refractivity contribution in [3.05, 3.63) is 60.2 Å². The molecule has 0 aliphatic heterocycles. The van der Waals surface area contributed by atoms with Crippen LogP contribution in [0.3, 0.4) is 0 Å². The van der Waals surface area contributed by atoms with E-state index in [1.54, 1.807) is 31.2 Å². The number of nitrogens with one attached hydrogen (secondary N) is 1. The van der Waals surface area contributed by atoms with Gasteiger partial charge in [0, 0.05) is 5.69 Å². The number of esters is 1. The van der Waals surface area contributed by atoms with Crippen molar-refractivity contribution in [3.8, 4) is 5.75 Å². The van der Waals surface area contributed by atoms with Gasteiger partial charge in [0.25, 0.3) is 0 Å². The third kappa shape index (κ3) is 4.71. The molecule has 1 N–H and O–H groups in total. The molecule has 0 unspecified atom stereocenters. The van der Waals surface area contributed by atoms with E-state index < -0.39 is 11.4 Å². The van der Waals surface area contributed by atoms with Gasteiger partial charge in [0.05, 0.1) is 12.0 Å². The lowest BCUT2D eigenvalue weighted by molar-refractivity contribution is -0.145. The van der Waals surface area contributed by atoms with E-state index in [4.69, 9.17) is 9.47 Å². The molecule has 1 fully saturated rings. The van der Waals surface area contributed by atoms with Crippen LogP contribution in [0, 0.1) is 0 Å². The van der Waals surface area contributed by atoms with Crippen LogP contribution in [0.15, 0.2) is 54.6 Å². The lowest BCUT2D eigenvalue weighted by Crippen LogP contribution is -2.42. The van der Waals surface area contributed by atoms with E-state index in [-0.39, 0.29) is 12.5 Å². The van der Waals surface area contributed by atoms with Gasteiger partial charge in [-0.25, -0.2) is 4.79 Å². The van der Waals surface area contributed by atoms with E-state index >= 15 is 0 Å². The predicted octanol–water partition coefficient (Wildman–Crippen LogP) is 4.47. The highest BCUT2D eigenvalue weighted by molar-refractivity contribution is 5.99. The van der Waals surface area contributed by atoms with E-state index in [2.05, 4.69) is 17.4 Å². The second kappa shape index (κ2) is 9.40. The first-order chi connectivity index (χ1) is 13.6. The lowest BCUT2D eigenvalue weighted by Gasteiger charge is -2.36. The molecule has 0 saturated heterocycles. The molecule has 2 aromatic rings. The van der Waals surface area contributed by atoms with Crippen LogP contribution in [0.2, 0.25) is 0 Å². The Morgan fingerprint density at radius 1 is 0.964 bits per heavy atom. The summed E-state index contributed by atoms with van der Waals surface area (Å²) in [6, 6.07) is 17.1. The zero-order valence-corrected chi connectivity index (χ0v) is 16.3. The Labute approximate surface area is 166 Å². The van der Waals surface area contributed by atoms with E-state index in [1.807, 2.05) is 18.2 Å². The van der Waals surface area contributed by atoms with E-state index in [9.17, 15) is 9.59 Å². The topological polar surface area (TPSA) is 64.6 Å². The summed E-state index contributed by atoms with van der Waals surface area (Å²) in [5, 5.41) is 3.08. The normalized spacial score (nSPS) is 15.5. The highest BCUT2D eigenvalue weighted by Gasteiger charge is 2.40. The van der Waals surface area contributed by atoms with Crippen LogP contribution in [0.4, 0.5) is 5.69 Å². The Morgan fingerprint density at radius 2 is 1.64 bits per heavy atom. The summed E-state index contributed by atoms with van der Waals surface area (Å²) in [6.45, 7) is 1.96. The maximum absolute atomic E-state index is 13.3. The molecule has 0 spiro atoms. The molecule has 0 atom stereocenters.